The van der Waals surface area contributed by atoms with Crippen LogP contribution in [0.25, 0.3) is 0 Å². The van der Waals surface area contributed by atoms with Crippen LogP contribution in [0.1, 0.15) is 40.9 Å². The van der Waals surface area contributed by atoms with Gasteiger partial charge in [0.15, 0.2) is 0 Å². The van der Waals surface area contributed by atoms with Gasteiger partial charge in [0.25, 0.3) is 0 Å². The predicted octanol–water partition coefficient (Wildman–Crippen LogP) is 3.79. The van der Waals surface area contributed by atoms with Gasteiger partial charge in [-0.3, -0.25) is 0 Å². The third kappa shape index (κ3) is 2.47. The number of fused-ring (bicyclic) bond motifs is 1. The van der Waals surface area contributed by atoms with Gasteiger partial charge in [-0.1, -0.05) is 25.1 Å². The molecule has 0 saturated carbocycles. The lowest BCUT2D eigenvalue weighted by molar-refractivity contribution is 0.210. The molecule has 2 heterocycles. The fraction of sp³-hybridized carbons (Fsp3) is 0.471. The van der Waals surface area contributed by atoms with Crippen molar-refractivity contribution in [1.29, 1.82) is 0 Å². The van der Waals surface area contributed by atoms with Crippen molar-refractivity contribution in [2.24, 2.45) is 0 Å². The maximum Gasteiger partial charge on any atom is 0.124 e. The molecule has 2 aromatic rings. The molecule has 3 nitrogen and oxygen atoms in total. The number of nitrogens with zero attached hydrogens (tertiary/aromatic N) is 1. The minimum atomic E-state index is -0.200. The molecule has 21 heavy (non-hydrogen) atoms. The van der Waals surface area contributed by atoms with E-state index in [9.17, 15) is 0 Å². The number of para-hydroxylation sites is 1. The molecule has 1 aromatic carbocycles. The van der Waals surface area contributed by atoms with E-state index >= 15 is 0 Å². The molecule has 0 fully saturated rings. The summed E-state index contributed by atoms with van der Waals surface area (Å²) < 4.78 is 5.85. The second kappa shape index (κ2) is 5.78. The Kier molecular flexibility index (Phi) is 4.00. The smallest absolute Gasteiger partial charge is 0.124 e. The molecule has 1 aromatic heterocycles. The van der Waals surface area contributed by atoms with Crippen LogP contribution in [0.3, 0.4) is 0 Å². The maximum atomic E-state index is 5.85. The van der Waals surface area contributed by atoms with Gasteiger partial charge in [-0.2, -0.15) is 0 Å². The van der Waals surface area contributed by atoms with Gasteiger partial charge in [-0.25, -0.2) is 4.98 Å². The molecule has 112 valence electrons. The summed E-state index contributed by atoms with van der Waals surface area (Å²) in [6.07, 6.45) is 2.03. The van der Waals surface area contributed by atoms with Crippen LogP contribution < -0.4 is 10.1 Å². The van der Waals surface area contributed by atoms with Crippen molar-refractivity contribution in [1.82, 2.24) is 10.3 Å². The lowest BCUT2D eigenvalue weighted by Crippen LogP contribution is -2.47. The molecule has 0 spiro atoms. The van der Waals surface area contributed by atoms with Gasteiger partial charge in [0.1, 0.15) is 16.3 Å². The van der Waals surface area contributed by atoms with Gasteiger partial charge in [-0.15, -0.1) is 11.3 Å². The van der Waals surface area contributed by atoms with E-state index in [2.05, 4.69) is 44.3 Å². The summed E-state index contributed by atoms with van der Waals surface area (Å²) in [5.74, 6) is 0.984. The molecular weight excluding hydrogens is 280 g/mol. The first-order valence-corrected chi connectivity index (χ1v) is 8.41. The van der Waals surface area contributed by atoms with Crippen molar-refractivity contribution in [2.75, 3.05) is 13.2 Å². The summed E-state index contributed by atoms with van der Waals surface area (Å²) in [6.45, 7) is 8.14. The lowest BCUT2D eigenvalue weighted by Gasteiger charge is -2.38. The van der Waals surface area contributed by atoms with Crippen molar-refractivity contribution in [3.63, 3.8) is 0 Å². The zero-order valence-corrected chi connectivity index (χ0v) is 13.7. The third-order valence-corrected chi connectivity index (χ3v) is 5.39. The number of ether oxygens (including phenoxy) is 1. The lowest BCUT2D eigenvalue weighted by atomic mass is 9.84. The minimum Gasteiger partial charge on any atom is -0.493 e. The molecule has 0 aliphatic carbocycles. The van der Waals surface area contributed by atoms with E-state index in [0.717, 1.165) is 37.4 Å². The summed E-state index contributed by atoms with van der Waals surface area (Å²) in [5.41, 5.74) is 2.16. The highest BCUT2D eigenvalue weighted by Crippen LogP contribution is 2.43. The van der Waals surface area contributed by atoms with Gasteiger partial charge in [-0.05, 0) is 32.9 Å². The second-order valence-electron chi connectivity index (χ2n) is 5.59. The van der Waals surface area contributed by atoms with E-state index in [1.807, 2.05) is 6.07 Å². The molecular formula is C17H22N2OS. The fourth-order valence-electron chi connectivity index (χ4n) is 2.87. The SMILES string of the molecule is CCCNC1(c2nc(C)c(C)s2)CCOc2ccccc21. The summed E-state index contributed by atoms with van der Waals surface area (Å²) in [7, 11) is 0. The van der Waals surface area contributed by atoms with E-state index in [0.29, 0.717) is 0 Å². The Balaban J connectivity index is 2.14. The largest absolute Gasteiger partial charge is 0.493 e. The van der Waals surface area contributed by atoms with Crippen LogP contribution in [-0.4, -0.2) is 18.1 Å². The van der Waals surface area contributed by atoms with Gasteiger partial charge >= 0.3 is 0 Å². The number of aryl methyl sites for hydroxylation is 2. The van der Waals surface area contributed by atoms with Crippen molar-refractivity contribution >= 4 is 11.3 Å². The monoisotopic (exact) mass is 302 g/mol. The first kappa shape index (κ1) is 14.5. The van der Waals surface area contributed by atoms with Gasteiger partial charge < -0.3 is 10.1 Å². The molecule has 0 amide bonds. The number of benzene rings is 1. The van der Waals surface area contributed by atoms with Crippen molar-refractivity contribution < 1.29 is 4.74 Å². The number of rotatable bonds is 4. The Morgan fingerprint density at radius 1 is 1.33 bits per heavy atom. The Bertz CT molecular complexity index is 618. The summed E-state index contributed by atoms with van der Waals surface area (Å²) in [4.78, 5) is 6.16. The molecule has 4 heteroatoms. The van der Waals surface area contributed by atoms with E-state index < -0.39 is 0 Å². The molecule has 1 aliphatic heterocycles. The summed E-state index contributed by atoms with van der Waals surface area (Å²) in [5, 5.41) is 4.93. The number of hydrogen-bond acceptors (Lipinski definition) is 4. The van der Waals surface area contributed by atoms with Crippen LogP contribution >= 0.6 is 11.3 Å². The zero-order valence-electron chi connectivity index (χ0n) is 12.9. The molecule has 1 aliphatic rings. The Labute approximate surface area is 130 Å². The van der Waals surface area contributed by atoms with Crippen LogP contribution in [0, 0.1) is 13.8 Å². The van der Waals surface area contributed by atoms with Gasteiger partial charge in [0.05, 0.1) is 12.3 Å². The Morgan fingerprint density at radius 3 is 2.86 bits per heavy atom. The highest BCUT2D eigenvalue weighted by Gasteiger charge is 2.41. The van der Waals surface area contributed by atoms with Crippen LogP contribution in [0.5, 0.6) is 5.75 Å². The second-order valence-corrected chi connectivity index (χ2v) is 6.79. The van der Waals surface area contributed by atoms with Crippen molar-refractivity contribution in [3.8, 4) is 5.75 Å². The Hall–Kier alpha value is -1.39. The van der Waals surface area contributed by atoms with E-state index in [1.165, 1.54) is 15.4 Å². The molecule has 0 bridgehead atoms. The van der Waals surface area contributed by atoms with Gasteiger partial charge in [0, 0.05) is 16.9 Å². The highest BCUT2D eigenvalue weighted by atomic mass is 32.1. The summed E-state index contributed by atoms with van der Waals surface area (Å²) in [6, 6.07) is 8.35. The molecule has 1 unspecified atom stereocenters. The van der Waals surface area contributed by atoms with Crippen molar-refractivity contribution in [3.05, 3.63) is 45.4 Å². The minimum absolute atomic E-state index is 0.200. The molecule has 1 N–H and O–H groups in total. The molecule has 0 saturated heterocycles. The fourth-order valence-corrected chi connectivity index (χ4v) is 3.99. The average molecular weight is 302 g/mol. The van der Waals surface area contributed by atoms with E-state index in [4.69, 9.17) is 9.72 Å². The third-order valence-electron chi connectivity index (χ3n) is 4.15. The normalized spacial score (nSPS) is 20.9. The van der Waals surface area contributed by atoms with Crippen LogP contribution in [0.4, 0.5) is 0 Å². The average Bonchev–Trinajstić information content (AvgIpc) is 2.85. The standard InChI is InChI=1S/C17H22N2OS/c1-4-10-18-17(16-19-12(2)13(3)21-16)9-11-20-15-8-6-5-7-14(15)17/h5-8,18H,4,9-11H2,1-3H3. The van der Waals surface area contributed by atoms with Crippen molar-refractivity contribution in [2.45, 2.75) is 39.2 Å². The first-order valence-electron chi connectivity index (χ1n) is 7.59. The summed E-state index contributed by atoms with van der Waals surface area (Å²) >= 11 is 1.80. The van der Waals surface area contributed by atoms with Crippen LogP contribution in [0.2, 0.25) is 0 Å². The Morgan fingerprint density at radius 2 is 2.14 bits per heavy atom. The van der Waals surface area contributed by atoms with Crippen LogP contribution in [0.15, 0.2) is 24.3 Å². The molecule has 3 rings (SSSR count). The number of aromatic nitrogens is 1. The molecule has 1 atom stereocenters. The highest BCUT2D eigenvalue weighted by molar-refractivity contribution is 7.11. The number of thiazole rings is 1. The maximum absolute atomic E-state index is 5.85. The van der Waals surface area contributed by atoms with E-state index in [-0.39, 0.29) is 5.54 Å². The zero-order chi connectivity index (χ0) is 14.9. The van der Waals surface area contributed by atoms with Gasteiger partial charge in [0.2, 0.25) is 0 Å². The van der Waals surface area contributed by atoms with Crippen LogP contribution in [-0.2, 0) is 5.54 Å². The van der Waals surface area contributed by atoms with E-state index in [1.54, 1.807) is 11.3 Å². The predicted molar refractivity (Wildman–Crippen MR) is 87.2 cm³/mol. The number of nitrogens with one attached hydrogen (secondary N) is 1. The topological polar surface area (TPSA) is 34.2 Å². The molecule has 0 radical (unpaired) electrons. The number of hydrogen-bond donors (Lipinski definition) is 1. The quantitative estimate of drug-likeness (QED) is 0.933. The first-order chi connectivity index (χ1) is 10.2.